The Kier molecular flexibility index (Phi) is 7.42. The number of hydrogen-bond donors (Lipinski definition) is 1. The molecule has 0 saturated heterocycles. The number of fused-ring (bicyclic) bond motifs is 1. The number of aromatic hydroxyl groups is 1. The Labute approximate surface area is 241 Å². The number of furan rings is 1. The number of nitrogens with zero attached hydrogens (tertiary/aromatic N) is 3. The van der Waals surface area contributed by atoms with Gasteiger partial charge in [0.1, 0.15) is 17.2 Å². The first-order valence-electron chi connectivity index (χ1n) is 13.4. The van der Waals surface area contributed by atoms with E-state index in [1.165, 1.54) is 16.7 Å². The predicted molar refractivity (Wildman–Crippen MR) is 154 cm³/mol. The number of rotatable bonds is 7. The molecule has 2 aromatic carbocycles. The number of alkyl halides is 3. The third kappa shape index (κ3) is 5.78. The zero-order chi connectivity index (χ0) is 30.4. The third-order valence-electron chi connectivity index (χ3n) is 7.63. The van der Waals surface area contributed by atoms with Crippen molar-refractivity contribution in [3.8, 4) is 22.9 Å². The molecular weight excluding hydrogens is 566 g/mol. The van der Waals surface area contributed by atoms with Gasteiger partial charge in [0, 0.05) is 18.2 Å². The van der Waals surface area contributed by atoms with Crippen molar-refractivity contribution in [2.45, 2.75) is 57.9 Å². The minimum Gasteiger partial charge on any atom is -0.542 e. The third-order valence-corrected chi connectivity index (χ3v) is 12.0. The van der Waals surface area contributed by atoms with E-state index in [2.05, 4.69) is 25.8 Å². The molecule has 5 rings (SSSR count). The van der Waals surface area contributed by atoms with Crippen molar-refractivity contribution in [1.29, 1.82) is 0 Å². The Morgan fingerprint density at radius 1 is 0.905 bits per heavy atom. The van der Waals surface area contributed by atoms with Crippen LogP contribution in [0.25, 0.3) is 16.9 Å². The number of halogens is 4. The normalized spacial score (nSPS) is 12.7. The summed E-state index contributed by atoms with van der Waals surface area (Å²) >= 11 is 0. The summed E-state index contributed by atoms with van der Waals surface area (Å²) in [4.78, 5) is 9.28. The molecule has 5 aromatic rings. The molecule has 0 bridgehead atoms. The van der Waals surface area contributed by atoms with Gasteiger partial charge in [-0.15, -0.1) is 0 Å². The zero-order valence-corrected chi connectivity index (χ0v) is 24.9. The van der Waals surface area contributed by atoms with Gasteiger partial charge in [-0.3, -0.25) is 4.40 Å². The lowest BCUT2D eigenvalue weighted by molar-refractivity contribution is -0.153. The molecule has 0 unspecified atom stereocenters. The second-order valence-electron chi connectivity index (χ2n) is 11.7. The predicted octanol–water partition coefficient (Wildman–Crippen LogP) is 8.42. The molecule has 0 atom stereocenters. The van der Waals surface area contributed by atoms with Crippen LogP contribution in [0.2, 0.25) is 18.1 Å². The molecule has 11 heteroatoms. The van der Waals surface area contributed by atoms with Crippen LogP contribution >= 0.6 is 0 Å². The van der Waals surface area contributed by atoms with Crippen LogP contribution in [-0.2, 0) is 19.0 Å². The monoisotopic (exact) mass is 597 g/mol. The summed E-state index contributed by atoms with van der Waals surface area (Å²) in [6.45, 7) is 10.3. The highest BCUT2D eigenvalue weighted by molar-refractivity contribution is 6.74. The van der Waals surface area contributed by atoms with E-state index in [9.17, 15) is 18.3 Å². The summed E-state index contributed by atoms with van der Waals surface area (Å²) in [5, 5.41) is 11.0. The lowest BCUT2D eigenvalue weighted by Crippen LogP contribution is -2.44. The van der Waals surface area contributed by atoms with Crippen molar-refractivity contribution in [2.24, 2.45) is 0 Å². The molecule has 1 N–H and O–H groups in total. The average molecular weight is 598 g/mol. The molecule has 0 radical (unpaired) electrons. The van der Waals surface area contributed by atoms with E-state index < -0.39 is 26.1 Å². The summed E-state index contributed by atoms with van der Waals surface area (Å²) in [5.41, 5.74) is 2.17. The van der Waals surface area contributed by atoms with Gasteiger partial charge >= 0.3 is 6.18 Å². The van der Waals surface area contributed by atoms with Crippen molar-refractivity contribution in [1.82, 2.24) is 14.4 Å². The molecule has 220 valence electrons. The van der Waals surface area contributed by atoms with Crippen LogP contribution in [0.4, 0.5) is 17.6 Å². The number of benzene rings is 2. The Bertz CT molecular complexity index is 1740. The molecular formula is C31H31F4N3O3Si. The summed E-state index contributed by atoms with van der Waals surface area (Å²) in [7, 11) is -2.35. The second-order valence-corrected chi connectivity index (χ2v) is 16.5. The van der Waals surface area contributed by atoms with E-state index in [1.807, 2.05) is 43.4 Å². The highest BCUT2D eigenvalue weighted by atomic mass is 28.4. The quantitative estimate of drug-likeness (QED) is 0.151. The van der Waals surface area contributed by atoms with E-state index in [1.54, 1.807) is 18.2 Å². The number of hydrogen-bond acceptors (Lipinski definition) is 5. The molecule has 3 aromatic heterocycles. The molecule has 0 fully saturated rings. The van der Waals surface area contributed by atoms with E-state index >= 15 is 4.39 Å². The van der Waals surface area contributed by atoms with Gasteiger partial charge in [0.05, 0.1) is 17.8 Å². The number of aromatic nitrogens is 3. The minimum absolute atomic E-state index is 0.0136. The largest absolute Gasteiger partial charge is 0.542 e. The van der Waals surface area contributed by atoms with Crippen molar-refractivity contribution < 1.29 is 31.5 Å². The van der Waals surface area contributed by atoms with Crippen molar-refractivity contribution in [3.63, 3.8) is 0 Å². The lowest BCUT2D eigenvalue weighted by Gasteiger charge is -2.36. The summed E-state index contributed by atoms with van der Waals surface area (Å²) in [6, 6.07) is 16.4. The smallest absolute Gasteiger partial charge is 0.449 e. The fourth-order valence-corrected chi connectivity index (χ4v) is 5.32. The van der Waals surface area contributed by atoms with Gasteiger partial charge in [-0.2, -0.15) is 13.2 Å². The maximum Gasteiger partial charge on any atom is 0.449 e. The second kappa shape index (κ2) is 10.6. The first kappa shape index (κ1) is 29.4. The molecule has 0 amide bonds. The Hall–Kier alpha value is -4.12. The van der Waals surface area contributed by atoms with Gasteiger partial charge in [-0.05, 0) is 48.0 Å². The van der Waals surface area contributed by atoms with Crippen LogP contribution < -0.4 is 4.43 Å². The van der Waals surface area contributed by atoms with Crippen LogP contribution in [0, 0.1) is 5.82 Å². The van der Waals surface area contributed by atoms with E-state index in [0.717, 1.165) is 11.6 Å². The van der Waals surface area contributed by atoms with E-state index in [4.69, 9.17) is 13.8 Å². The summed E-state index contributed by atoms with van der Waals surface area (Å²) < 4.78 is 67.8. The van der Waals surface area contributed by atoms with E-state index in [0.29, 0.717) is 17.8 Å². The fourth-order valence-electron chi connectivity index (χ4n) is 4.31. The zero-order valence-electron chi connectivity index (χ0n) is 23.9. The molecule has 42 heavy (non-hydrogen) atoms. The minimum atomic E-state index is -4.63. The SMILES string of the molecule is CC(C)(C)[Si](C)(C)Oc1cccc(-c2cn3c(O)c(Cc4ccc(C(F)(F)F)o4)nc3c(Cc3ccccc3)n2)c1F. The fraction of sp³-hybridized carbons (Fsp3) is 0.290. The molecule has 0 aliphatic carbocycles. The first-order valence-corrected chi connectivity index (χ1v) is 16.3. The molecule has 0 aliphatic rings. The van der Waals surface area contributed by atoms with Gasteiger partial charge in [0.25, 0.3) is 8.32 Å². The number of imidazole rings is 1. The molecule has 0 spiro atoms. The van der Waals surface area contributed by atoms with Gasteiger partial charge in [0.2, 0.25) is 11.6 Å². The Morgan fingerprint density at radius 3 is 2.26 bits per heavy atom. The van der Waals surface area contributed by atoms with Crippen molar-refractivity contribution >= 4 is 14.0 Å². The average Bonchev–Trinajstić information content (AvgIpc) is 3.51. The topological polar surface area (TPSA) is 72.8 Å². The lowest BCUT2D eigenvalue weighted by atomic mass is 10.1. The van der Waals surface area contributed by atoms with Gasteiger partial charge in [0.15, 0.2) is 11.5 Å². The molecule has 6 nitrogen and oxygen atoms in total. The Balaban J connectivity index is 1.61. The van der Waals surface area contributed by atoms with Crippen molar-refractivity contribution in [3.05, 3.63) is 101 Å². The van der Waals surface area contributed by atoms with Crippen LogP contribution in [-0.4, -0.2) is 27.8 Å². The standard InChI is InChI=1S/C31H31F4N3O3Si/c1-30(2,3)42(4,5)41-25-13-9-12-21(27(25)32)24-18-38-28(22(36-24)16-19-10-7-6-8-11-19)37-23(29(38)39)17-20-14-15-26(40-20)31(33,34)35/h6-15,18,39H,16-17H2,1-5H3. The molecule has 3 heterocycles. The first-order chi connectivity index (χ1) is 19.6. The highest BCUT2D eigenvalue weighted by Crippen LogP contribution is 2.40. The molecule has 0 aliphatic heterocycles. The van der Waals surface area contributed by atoms with Crippen LogP contribution in [0.15, 0.2) is 71.3 Å². The highest BCUT2D eigenvalue weighted by Gasteiger charge is 2.40. The van der Waals surface area contributed by atoms with Crippen LogP contribution in [0.1, 0.15) is 49.2 Å². The molecule has 0 saturated carbocycles. The Morgan fingerprint density at radius 2 is 1.62 bits per heavy atom. The summed E-state index contributed by atoms with van der Waals surface area (Å²) in [6.07, 6.45) is -3.04. The maximum atomic E-state index is 16.0. The van der Waals surface area contributed by atoms with Crippen LogP contribution in [0.3, 0.4) is 0 Å². The van der Waals surface area contributed by atoms with Crippen LogP contribution in [0.5, 0.6) is 11.6 Å². The van der Waals surface area contributed by atoms with E-state index in [-0.39, 0.29) is 45.8 Å². The summed E-state index contributed by atoms with van der Waals surface area (Å²) in [5.74, 6) is -1.90. The van der Waals surface area contributed by atoms with Gasteiger partial charge in [-0.25, -0.2) is 14.4 Å². The maximum absolute atomic E-state index is 16.0. The van der Waals surface area contributed by atoms with Gasteiger partial charge < -0.3 is 13.9 Å². The van der Waals surface area contributed by atoms with Gasteiger partial charge in [-0.1, -0.05) is 57.2 Å². The van der Waals surface area contributed by atoms with Crippen molar-refractivity contribution in [2.75, 3.05) is 0 Å².